The zero-order valence-electron chi connectivity index (χ0n) is 81.0. The predicted molar refractivity (Wildman–Crippen MR) is 617 cm³/mol. The number of anilines is 6. The van der Waals surface area contributed by atoms with E-state index < -0.39 is 10.8 Å². The molecule has 1 unspecified atom stereocenters. The van der Waals surface area contributed by atoms with Gasteiger partial charge in [-0.3, -0.25) is 0 Å². The summed E-state index contributed by atoms with van der Waals surface area (Å²) in [4.78, 5) is 4.83. The molecule has 4 heteroatoms. The lowest BCUT2D eigenvalue weighted by molar-refractivity contribution is 0.668. The van der Waals surface area contributed by atoms with Crippen LogP contribution >= 0.6 is 0 Å². The number of hydrogen-bond acceptors (Lipinski definition) is 4. The molecule has 0 saturated carbocycles. The van der Waals surface area contributed by atoms with Crippen molar-refractivity contribution >= 4 is 88.8 Å². The van der Waals surface area contributed by atoms with Gasteiger partial charge < -0.3 is 18.6 Å². The van der Waals surface area contributed by atoms with E-state index in [1.165, 1.54) is 105 Å². The van der Waals surface area contributed by atoms with E-state index >= 15 is 0 Å². The van der Waals surface area contributed by atoms with Crippen molar-refractivity contribution in [3.05, 3.63) is 615 Å². The van der Waals surface area contributed by atoms with E-state index in [1.807, 2.05) is 12.1 Å². The minimum absolute atomic E-state index is 0.541. The minimum atomic E-state index is -0.697. The van der Waals surface area contributed by atoms with Gasteiger partial charge in [0.25, 0.3) is 0 Å². The van der Waals surface area contributed by atoms with E-state index in [0.717, 1.165) is 161 Å². The number of nitrogens with zero attached hydrogens (tertiary/aromatic N) is 2. The molecule has 0 radical (unpaired) electrons. The van der Waals surface area contributed by atoms with Crippen LogP contribution in [0, 0.1) is 0 Å². The molecular weight excluding hydrogens is 1790 g/mol. The average molecular weight is 1880 g/mol. The van der Waals surface area contributed by atoms with E-state index in [1.54, 1.807) is 0 Å². The second kappa shape index (κ2) is 36.0. The zero-order chi connectivity index (χ0) is 97.7. The van der Waals surface area contributed by atoms with Gasteiger partial charge in [-0.15, -0.1) is 0 Å². The van der Waals surface area contributed by atoms with Crippen molar-refractivity contribution in [2.45, 2.75) is 10.8 Å². The van der Waals surface area contributed by atoms with Gasteiger partial charge in [-0.2, -0.15) is 0 Å². The molecule has 2 aromatic heterocycles. The fourth-order valence-electron chi connectivity index (χ4n) is 24.4. The monoisotopic (exact) mass is 1880 g/mol. The number of rotatable bonds is 20. The standard InChI is InChI=1S/C144H94N2O2/c1-6-31-95(32-7-1)104-67-69-107-90-105(68-70-106(107)89-104)98-71-80-115(81-72-98)145(117-84-75-101(76-85-117)122-53-29-61-137-141(122)128-49-18-22-59-135(128)147-137)119-45-26-37-110(93-119)125-52-28-58-134-140(125)127-48-17-21-56-132(127)144(134,113-42-14-5-15-43-113)114-44-24-35-103(91-114)96-63-65-97(66-64-96)108-79-88-121(130(94-108)99-33-8-2-9-34-99)100-73-82-116(83-74-100)146(118-86-77-102(78-87-118)123-54-30-62-138-142(123)129-50-19-23-60-136(129)148-138)120-46-25-36-109(92-120)124-51-27-57-133-139(124)126-47-16-20-55-131(126)143(133,111-38-10-3-11-39-111)112-40-12-4-13-41-112/h1-94H. The third kappa shape index (κ3) is 14.5. The number of hydrogen-bond donors (Lipinski definition) is 0. The first-order valence-corrected chi connectivity index (χ1v) is 51.0. The highest BCUT2D eigenvalue weighted by Crippen LogP contribution is 2.62. The molecule has 0 amide bonds. The number of benzene rings is 24. The Morgan fingerprint density at radius 2 is 0.426 bits per heavy atom. The Bertz CT molecular complexity index is 9570. The molecule has 148 heavy (non-hydrogen) atoms. The third-order valence-electron chi connectivity index (χ3n) is 31.1. The van der Waals surface area contributed by atoms with Gasteiger partial charge in [0.1, 0.15) is 22.3 Å². The van der Waals surface area contributed by atoms with E-state index in [0.29, 0.717) is 0 Å². The van der Waals surface area contributed by atoms with Crippen LogP contribution in [0.4, 0.5) is 34.1 Å². The summed E-state index contributed by atoms with van der Waals surface area (Å²) in [6, 6.07) is 211. The van der Waals surface area contributed by atoms with Crippen molar-refractivity contribution in [2.75, 3.05) is 9.80 Å². The van der Waals surface area contributed by atoms with Crippen LogP contribution in [0.15, 0.2) is 579 Å². The largest absolute Gasteiger partial charge is 0.456 e. The van der Waals surface area contributed by atoms with Crippen molar-refractivity contribution in [2.24, 2.45) is 0 Å². The second-order valence-corrected chi connectivity index (χ2v) is 39.1. The molecule has 26 aromatic rings. The lowest BCUT2D eigenvalue weighted by atomic mass is 9.67. The van der Waals surface area contributed by atoms with Crippen molar-refractivity contribution in [3.8, 4) is 134 Å². The molecule has 0 bridgehead atoms. The Kier molecular flexibility index (Phi) is 21.1. The maximum absolute atomic E-state index is 6.45. The Balaban J connectivity index is 0.511. The van der Waals surface area contributed by atoms with Crippen molar-refractivity contribution in [1.82, 2.24) is 0 Å². The molecular formula is C144H94N2O2. The van der Waals surface area contributed by atoms with Crippen LogP contribution < -0.4 is 9.80 Å². The Morgan fingerprint density at radius 1 is 0.142 bits per heavy atom. The molecule has 692 valence electrons. The van der Waals surface area contributed by atoms with Crippen LogP contribution in [0.1, 0.15) is 44.5 Å². The molecule has 24 aromatic carbocycles. The topological polar surface area (TPSA) is 32.8 Å². The number of para-hydroxylation sites is 2. The van der Waals surface area contributed by atoms with Gasteiger partial charge in [0.15, 0.2) is 0 Å². The summed E-state index contributed by atoms with van der Waals surface area (Å²) in [7, 11) is 0. The molecule has 0 N–H and O–H groups in total. The summed E-state index contributed by atoms with van der Waals surface area (Å²) in [5.74, 6) is 0. The van der Waals surface area contributed by atoms with Gasteiger partial charge in [0.05, 0.1) is 10.8 Å². The maximum atomic E-state index is 6.45. The molecule has 2 aliphatic carbocycles. The Labute approximate surface area is 860 Å². The first-order valence-electron chi connectivity index (χ1n) is 51.0. The van der Waals surface area contributed by atoms with E-state index in [9.17, 15) is 0 Å². The fourth-order valence-corrected chi connectivity index (χ4v) is 24.4. The molecule has 2 heterocycles. The van der Waals surface area contributed by atoms with Crippen LogP contribution in [-0.2, 0) is 10.8 Å². The molecule has 1 atom stereocenters. The summed E-state index contributed by atoms with van der Waals surface area (Å²) in [6.07, 6.45) is 0. The van der Waals surface area contributed by atoms with E-state index in [2.05, 4.69) is 568 Å². The smallest absolute Gasteiger partial charge is 0.136 e. The molecule has 0 saturated heterocycles. The summed E-state index contributed by atoms with van der Waals surface area (Å²) in [5, 5.41) is 6.86. The van der Waals surface area contributed by atoms with Gasteiger partial charge in [-0.25, -0.2) is 0 Å². The molecule has 0 spiro atoms. The third-order valence-corrected chi connectivity index (χ3v) is 31.1. The Hall–Kier alpha value is -19.3. The van der Waals surface area contributed by atoms with Crippen LogP contribution in [0.2, 0.25) is 0 Å². The van der Waals surface area contributed by atoms with Crippen LogP contribution in [0.25, 0.3) is 188 Å². The van der Waals surface area contributed by atoms with Crippen LogP contribution in [0.3, 0.4) is 0 Å². The zero-order valence-corrected chi connectivity index (χ0v) is 81.0. The number of fused-ring (bicyclic) bond motifs is 13. The first-order chi connectivity index (χ1) is 73.4. The highest BCUT2D eigenvalue weighted by molar-refractivity contribution is 6.14. The van der Waals surface area contributed by atoms with E-state index in [-0.39, 0.29) is 0 Å². The van der Waals surface area contributed by atoms with Crippen LogP contribution in [-0.4, -0.2) is 0 Å². The van der Waals surface area contributed by atoms with Gasteiger partial charge in [0, 0.05) is 55.7 Å². The SMILES string of the molecule is c1ccc(-c2ccc3cc(-c4ccc(N(c5ccc(-c6cccc7oc8ccccc8c67)cc5)c5cccc(-c6cccc7c6-c6ccccc6C7(c6ccccc6)c6cccc(-c7ccc(-c8ccc(-c9ccc(N(c%10ccc(-c%11cccc%12oc%13ccccc%13c%11%12)cc%10)c%10cccc(-c%11cccc%12c%11-c%11ccccc%11C%12(c%11ccccc%11)c%11ccccc%11)c%10)cc9)c(-c9ccccc9)c8)cc7)c6)c5)cc4)ccc3c2)cc1. The lowest BCUT2D eigenvalue weighted by Gasteiger charge is -2.34. The van der Waals surface area contributed by atoms with Crippen molar-refractivity contribution in [1.29, 1.82) is 0 Å². The van der Waals surface area contributed by atoms with Gasteiger partial charge in [-0.1, -0.05) is 449 Å². The van der Waals surface area contributed by atoms with Crippen LogP contribution in [0.5, 0.6) is 0 Å². The summed E-state index contributed by atoms with van der Waals surface area (Å²) >= 11 is 0. The fraction of sp³-hybridized carbons (Fsp3) is 0.0139. The number of furan rings is 2. The van der Waals surface area contributed by atoms with Crippen molar-refractivity contribution in [3.63, 3.8) is 0 Å². The molecule has 4 nitrogen and oxygen atoms in total. The average Bonchev–Trinajstić information content (AvgIpc) is 1.53. The van der Waals surface area contributed by atoms with Crippen molar-refractivity contribution < 1.29 is 8.83 Å². The highest BCUT2D eigenvalue weighted by atomic mass is 16.3. The second-order valence-electron chi connectivity index (χ2n) is 39.1. The van der Waals surface area contributed by atoms with Gasteiger partial charge in [0.2, 0.25) is 0 Å². The summed E-state index contributed by atoms with van der Waals surface area (Å²) < 4.78 is 12.9. The Morgan fingerprint density at radius 3 is 0.885 bits per heavy atom. The molecule has 0 aliphatic heterocycles. The minimum Gasteiger partial charge on any atom is -0.456 e. The lowest BCUT2D eigenvalue weighted by Crippen LogP contribution is -2.28. The first kappa shape index (κ1) is 86.6. The summed E-state index contributed by atoms with van der Waals surface area (Å²) in [5.41, 5.74) is 46.3. The quantitative estimate of drug-likeness (QED) is 0.0761. The molecule has 2 aliphatic rings. The normalized spacial score (nSPS) is 13.2. The predicted octanol–water partition coefficient (Wildman–Crippen LogP) is 39.0. The highest BCUT2D eigenvalue weighted by Gasteiger charge is 2.49. The van der Waals surface area contributed by atoms with Gasteiger partial charge in [-0.05, 0) is 310 Å². The van der Waals surface area contributed by atoms with Gasteiger partial charge >= 0.3 is 0 Å². The molecule has 28 rings (SSSR count). The summed E-state index contributed by atoms with van der Waals surface area (Å²) in [6.45, 7) is 0. The van der Waals surface area contributed by atoms with E-state index in [4.69, 9.17) is 8.83 Å². The molecule has 0 fully saturated rings. The maximum Gasteiger partial charge on any atom is 0.136 e.